The first-order valence-electron chi connectivity index (χ1n) is 10.7. The number of aromatic nitrogens is 4. The third-order valence-corrected chi connectivity index (χ3v) is 6.48. The molecule has 0 bridgehead atoms. The van der Waals surface area contributed by atoms with E-state index in [0.29, 0.717) is 27.4 Å². The van der Waals surface area contributed by atoms with E-state index in [2.05, 4.69) is 37.3 Å². The molecule has 0 saturated heterocycles. The molecule has 0 atom stereocenters. The van der Waals surface area contributed by atoms with Crippen molar-refractivity contribution in [1.29, 1.82) is 0 Å². The molecule has 36 heavy (non-hydrogen) atoms. The van der Waals surface area contributed by atoms with Gasteiger partial charge in [-0.2, -0.15) is 0 Å². The number of nitrogens with one attached hydrogen (secondary N) is 1. The maximum Gasteiger partial charge on any atom is 0.280 e. The molecule has 4 aromatic rings. The van der Waals surface area contributed by atoms with Crippen molar-refractivity contribution >= 4 is 33.7 Å². The Morgan fingerprint density at radius 2 is 2.06 bits per heavy atom. The average molecular weight is 526 g/mol. The van der Waals surface area contributed by atoms with Crippen LogP contribution in [0.5, 0.6) is 16.7 Å². The zero-order valence-electron chi connectivity index (χ0n) is 18.7. The number of nitrogens with zero attached hydrogens (tertiary/aromatic N) is 4. The first-order chi connectivity index (χ1) is 17.5. The predicted octanol–water partition coefficient (Wildman–Crippen LogP) is 5.81. The molecule has 8 nitrogen and oxygen atoms in total. The van der Waals surface area contributed by atoms with E-state index in [-0.39, 0.29) is 22.0 Å². The second-order valence-corrected chi connectivity index (χ2v) is 9.46. The largest absolute Gasteiger partial charge is 0.494 e. The Kier molecular flexibility index (Phi) is 6.84. The van der Waals surface area contributed by atoms with E-state index >= 15 is 0 Å². The molecule has 1 saturated carbocycles. The first kappa shape index (κ1) is 23.8. The first-order valence-corrected chi connectivity index (χ1v) is 12.4. The second-order valence-electron chi connectivity index (χ2n) is 7.63. The summed E-state index contributed by atoms with van der Waals surface area (Å²) in [5.41, 5.74) is 0.296. The summed E-state index contributed by atoms with van der Waals surface area (Å²) in [5.74, 6) is 6.54. The number of carbonyl (C=O) groups is 1. The van der Waals surface area contributed by atoms with Crippen molar-refractivity contribution in [2.45, 2.75) is 19.3 Å². The van der Waals surface area contributed by atoms with Gasteiger partial charge >= 0.3 is 0 Å². The Hall–Kier alpha value is -3.95. The van der Waals surface area contributed by atoms with Crippen LogP contribution in [0.25, 0.3) is 11.1 Å². The number of ether oxygens (including phenoxy) is 2. The third-order valence-electron chi connectivity index (χ3n) is 5.08. The van der Waals surface area contributed by atoms with E-state index in [0.717, 1.165) is 24.2 Å². The fourth-order valence-corrected chi connectivity index (χ4v) is 4.31. The quantitative estimate of drug-likeness (QED) is 0.304. The lowest BCUT2D eigenvalue weighted by Gasteiger charge is -2.15. The minimum absolute atomic E-state index is 0.187. The Labute approximate surface area is 212 Å². The smallest absolute Gasteiger partial charge is 0.280 e. The lowest BCUT2D eigenvalue weighted by Crippen LogP contribution is -2.13. The maximum absolute atomic E-state index is 13.5. The van der Waals surface area contributed by atoms with Gasteiger partial charge in [0, 0.05) is 34.2 Å². The number of benzene rings is 1. The maximum atomic E-state index is 13.5. The number of rotatable bonds is 7. The lowest BCUT2D eigenvalue weighted by atomic mass is 9.98. The van der Waals surface area contributed by atoms with Crippen molar-refractivity contribution in [3.05, 3.63) is 58.3 Å². The van der Waals surface area contributed by atoms with Crippen LogP contribution in [-0.4, -0.2) is 33.2 Å². The summed E-state index contributed by atoms with van der Waals surface area (Å²) in [4.78, 5) is 21.1. The topological polar surface area (TPSA) is 99.1 Å². The molecule has 182 valence electrons. The summed E-state index contributed by atoms with van der Waals surface area (Å²) in [7, 11) is 1.39. The van der Waals surface area contributed by atoms with Crippen LogP contribution >= 0.6 is 22.7 Å². The Morgan fingerprint density at radius 1 is 1.19 bits per heavy atom. The van der Waals surface area contributed by atoms with Gasteiger partial charge in [0.1, 0.15) is 17.2 Å². The third kappa shape index (κ3) is 5.48. The van der Waals surface area contributed by atoms with Gasteiger partial charge in [-0.15, -0.1) is 10.2 Å². The predicted molar refractivity (Wildman–Crippen MR) is 131 cm³/mol. The van der Waals surface area contributed by atoms with E-state index in [1.54, 1.807) is 23.7 Å². The number of methoxy groups -OCH3 is 1. The number of pyridine rings is 1. The van der Waals surface area contributed by atoms with E-state index in [1.165, 1.54) is 36.8 Å². The molecule has 1 aromatic carbocycles. The molecule has 1 amide bonds. The van der Waals surface area contributed by atoms with Crippen LogP contribution in [0.4, 0.5) is 13.9 Å². The van der Waals surface area contributed by atoms with Crippen molar-refractivity contribution in [3.8, 4) is 39.7 Å². The highest BCUT2D eigenvalue weighted by Gasteiger charge is 2.22. The number of hydrogen-bond donors (Lipinski definition) is 1. The van der Waals surface area contributed by atoms with Crippen LogP contribution < -0.4 is 14.8 Å². The number of thiazole rings is 1. The molecule has 12 heteroatoms. The number of amides is 1. The highest BCUT2D eigenvalue weighted by molar-refractivity contribution is 7.15. The fourth-order valence-electron chi connectivity index (χ4n) is 3.20. The highest BCUT2D eigenvalue weighted by atomic mass is 32.1. The molecule has 0 unspecified atom stereocenters. The van der Waals surface area contributed by atoms with Crippen LogP contribution in [0, 0.1) is 17.8 Å². The van der Waals surface area contributed by atoms with Crippen molar-refractivity contribution in [1.82, 2.24) is 20.2 Å². The van der Waals surface area contributed by atoms with Crippen molar-refractivity contribution in [3.63, 3.8) is 0 Å². The molecule has 0 spiro atoms. The molecule has 0 radical (unpaired) electrons. The van der Waals surface area contributed by atoms with Gasteiger partial charge in [-0.05, 0) is 43.0 Å². The molecule has 5 rings (SSSR count). The molecular formula is C24H17F2N5O3S2. The van der Waals surface area contributed by atoms with E-state index in [4.69, 9.17) is 9.47 Å². The average Bonchev–Trinajstić information content (AvgIpc) is 3.37. The summed E-state index contributed by atoms with van der Waals surface area (Å²) >= 11 is 2.44. The van der Waals surface area contributed by atoms with Gasteiger partial charge in [-0.1, -0.05) is 28.6 Å². The number of anilines is 1. The van der Waals surface area contributed by atoms with Crippen molar-refractivity contribution in [2.24, 2.45) is 5.92 Å². The summed E-state index contributed by atoms with van der Waals surface area (Å²) in [6.45, 7) is 0. The molecular weight excluding hydrogens is 508 g/mol. The second kappa shape index (κ2) is 10.3. The zero-order chi connectivity index (χ0) is 25.1. The highest BCUT2D eigenvalue weighted by Crippen LogP contribution is 2.38. The van der Waals surface area contributed by atoms with Crippen LogP contribution in [0.3, 0.4) is 0 Å². The number of hydrogen-bond acceptors (Lipinski definition) is 9. The van der Waals surface area contributed by atoms with Gasteiger partial charge in [0.2, 0.25) is 5.13 Å². The van der Waals surface area contributed by atoms with Crippen molar-refractivity contribution < 1.29 is 23.0 Å². The molecule has 3 aromatic heterocycles. The molecule has 1 fully saturated rings. The van der Waals surface area contributed by atoms with Crippen LogP contribution in [-0.2, 0) is 0 Å². The van der Waals surface area contributed by atoms with E-state index < -0.39 is 18.0 Å². The Balaban J connectivity index is 1.51. The minimum Gasteiger partial charge on any atom is -0.494 e. The van der Waals surface area contributed by atoms with Crippen LogP contribution in [0.2, 0.25) is 0 Å². The summed E-state index contributed by atoms with van der Waals surface area (Å²) in [6, 6.07) is 5.88. The zero-order valence-corrected chi connectivity index (χ0v) is 20.3. The normalized spacial score (nSPS) is 12.7. The van der Waals surface area contributed by atoms with Gasteiger partial charge in [0.05, 0.1) is 13.3 Å². The van der Waals surface area contributed by atoms with E-state index in [1.807, 2.05) is 0 Å². The fraction of sp³-hybridized carbons (Fsp3) is 0.208. The van der Waals surface area contributed by atoms with Gasteiger partial charge in [-0.25, -0.2) is 13.8 Å². The van der Waals surface area contributed by atoms with E-state index in [9.17, 15) is 13.6 Å². The summed E-state index contributed by atoms with van der Waals surface area (Å²) in [6.07, 6.45) is 2.16. The molecule has 1 N–H and O–H groups in total. The number of alkyl halides is 2. The van der Waals surface area contributed by atoms with Gasteiger partial charge in [0.25, 0.3) is 17.5 Å². The SMILES string of the molecule is COc1cnc(C(F)F)cc1-c1cc(Oc2nccs2)ccc1C(=O)Nc1nnc(C#CC2CC2)s1. The Bertz CT molecular complexity index is 1460. The molecule has 1 aliphatic rings. The molecule has 1 aliphatic carbocycles. The monoisotopic (exact) mass is 525 g/mol. The Morgan fingerprint density at radius 3 is 2.78 bits per heavy atom. The van der Waals surface area contributed by atoms with Crippen LogP contribution in [0.1, 0.15) is 40.3 Å². The van der Waals surface area contributed by atoms with Gasteiger partial charge < -0.3 is 9.47 Å². The van der Waals surface area contributed by atoms with Gasteiger partial charge in [0.15, 0.2) is 5.01 Å². The van der Waals surface area contributed by atoms with Crippen molar-refractivity contribution in [2.75, 3.05) is 12.4 Å². The van der Waals surface area contributed by atoms with Gasteiger partial charge in [-0.3, -0.25) is 15.1 Å². The van der Waals surface area contributed by atoms with Crippen LogP contribution in [0.15, 0.2) is 42.0 Å². The standard InChI is InChI=1S/C24H17F2N5O3S2/c1-33-19-12-28-18(21(25)26)11-17(19)16-10-14(34-24-27-8-9-35-24)5-6-15(16)22(32)29-23-31-30-20(36-23)7-4-13-2-3-13/h5-6,8-13,21H,2-3H2,1H3,(H,29,31,32). The summed E-state index contributed by atoms with van der Waals surface area (Å²) < 4.78 is 38.0. The summed E-state index contributed by atoms with van der Waals surface area (Å²) in [5, 5.41) is 13.6. The molecule has 0 aliphatic heterocycles. The lowest BCUT2D eigenvalue weighted by molar-refractivity contribution is 0.102. The number of carbonyl (C=O) groups excluding carboxylic acids is 1. The number of halogens is 2. The minimum atomic E-state index is -2.81. The molecule has 3 heterocycles.